The Labute approximate surface area is 136 Å². The molecular formula is C16H13ClN2O2S. The van der Waals surface area contributed by atoms with Gasteiger partial charge in [-0.2, -0.15) is 0 Å². The van der Waals surface area contributed by atoms with Crippen LogP contribution in [0.1, 0.15) is 5.56 Å². The summed E-state index contributed by atoms with van der Waals surface area (Å²) in [7, 11) is 0. The molecule has 0 saturated heterocycles. The molecule has 3 aromatic rings. The number of halogens is 1. The molecule has 4 nitrogen and oxygen atoms in total. The fraction of sp³-hybridized carbons (Fsp3) is 0.125. The van der Waals surface area contributed by atoms with Gasteiger partial charge in [-0.05, 0) is 36.8 Å². The van der Waals surface area contributed by atoms with Crippen molar-refractivity contribution in [2.75, 3.05) is 11.9 Å². The van der Waals surface area contributed by atoms with Gasteiger partial charge in [0.15, 0.2) is 11.7 Å². The molecule has 1 aromatic heterocycles. The van der Waals surface area contributed by atoms with Crippen LogP contribution in [0.4, 0.5) is 5.13 Å². The number of nitrogens with zero attached hydrogens (tertiary/aromatic N) is 1. The lowest BCUT2D eigenvalue weighted by atomic mass is 10.2. The Morgan fingerprint density at radius 2 is 2.14 bits per heavy atom. The maximum atomic E-state index is 11.9. The number of anilines is 1. The number of rotatable bonds is 4. The number of para-hydroxylation sites is 1. The van der Waals surface area contributed by atoms with Crippen LogP contribution in [-0.4, -0.2) is 17.5 Å². The second-order valence-electron chi connectivity index (χ2n) is 4.76. The highest BCUT2D eigenvalue weighted by atomic mass is 35.5. The summed E-state index contributed by atoms with van der Waals surface area (Å²) in [4.78, 5) is 16.3. The number of thiazole rings is 1. The van der Waals surface area contributed by atoms with E-state index in [1.807, 2.05) is 37.3 Å². The van der Waals surface area contributed by atoms with Crippen molar-refractivity contribution in [3.8, 4) is 5.75 Å². The fourth-order valence-corrected chi connectivity index (χ4v) is 3.00. The van der Waals surface area contributed by atoms with Gasteiger partial charge in [0.25, 0.3) is 5.91 Å². The summed E-state index contributed by atoms with van der Waals surface area (Å²) < 4.78 is 6.49. The molecule has 0 aliphatic rings. The van der Waals surface area contributed by atoms with Gasteiger partial charge in [0.1, 0.15) is 5.75 Å². The molecule has 3 rings (SSSR count). The second kappa shape index (κ2) is 6.34. The molecule has 112 valence electrons. The van der Waals surface area contributed by atoms with Gasteiger partial charge in [-0.15, -0.1) is 0 Å². The van der Waals surface area contributed by atoms with Crippen LogP contribution in [0.5, 0.6) is 5.75 Å². The summed E-state index contributed by atoms with van der Waals surface area (Å²) in [5, 5.41) is 3.78. The number of nitrogens with one attached hydrogen (secondary N) is 1. The minimum Gasteiger partial charge on any atom is -0.482 e. The highest BCUT2D eigenvalue weighted by molar-refractivity contribution is 7.22. The predicted molar refractivity (Wildman–Crippen MR) is 89.9 cm³/mol. The van der Waals surface area contributed by atoms with Gasteiger partial charge in [-0.25, -0.2) is 4.98 Å². The third-order valence-corrected chi connectivity index (χ3v) is 4.25. The Hall–Kier alpha value is -2.11. The third kappa shape index (κ3) is 3.37. The maximum absolute atomic E-state index is 11.9. The average molecular weight is 333 g/mol. The Balaban J connectivity index is 1.63. The quantitative estimate of drug-likeness (QED) is 0.776. The van der Waals surface area contributed by atoms with E-state index in [2.05, 4.69) is 10.3 Å². The van der Waals surface area contributed by atoms with Crippen molar-refractivity contribution in [2.45, 2.75) is 6.92 Å². The van der Waals surface area contributed by atoms with Crippen LogP contribution >= 0.6 is 22.9 Å². The van der Waals surface area contributed by atoms with E-state index < -0.39 is 0 Å². The van der Waals surface area contributed by atoms with Crippen molar-refractivity contribution < 1.29 is 9.53 Å². The van der Waals surface area contributed by atoms with Crippen LogP contribution in [0.3, 0.4) is 0 Å². The Morgan fingerprint density at radius 1 is 1.32 bits per heavy atom. The molecule has 0 aliphatic heterocycles. The first kappa shape index (κ1) is 14.8. The van der Waals surface area contributed by atoms with Crippen LogP contribution in [0.15, 0.2) is 42.5 Å². The van der Waals surface area contributed by atoms with Gasteiger partial charge in [0.05, 0.1) is 15.2 Å². The molecule has 0 atom stereocenters. The van der Waals surface area contributed by atoms with E-state index in [1.165, 1.54) is 11.3 Å². The first-order chi connectivity index (χ1) is 10.6. The third-order valence-electron chi connectivity index (χ3n) is 2.99. The van der Waals surface area contributed by atoms with Crippen LogP contribution in [-0.2, 0) is 4.79 Å². The van der Waals surface area contributed by atoms with Crippen molar-refractivity contribution in [2.24, 2.45) is 0 Å². The van der Waals surface area contributed by atoms with Gasteiger partial charge in [-0.3, -0.25) is 10.1 Å². The zero-order valence-electron chi connectivity index (χ0n) is 11.8. The smallest absolute Gasteiger partial charge is 0.264 e. The summed E-state index contributed by atoms with van der Waals surface area (Å²) in [5.74, 6) is 0.234. The van der Waals surface area contributed by atoms with Gasteiger partial charge >= 0.3 is 0 Å². The van der Waals surface area contributed by atoms with Gasteiger partial charge < -0.3 is 4.74 Å². The van der Waals surface area contributed by atoms with Crippen molar-refractivity contribution in [1.82, 2.24) is 4.98 Å². The molecule has 1 amide bonds. The zero-order chi connectivity index (χ0) is 15.5. The van der Waals surface area contributed by atoms with Gasteiger partial charge in [-0.1, -0.05) is 41.1 Å². The molecule has 0 unspecified atom stereocenters. The lowest BCUT2D eigenvalue weighted by Crippen LogP contribution is -2.20. The number of carbonyl (C=O) groups is 1. The number of fused-ring (bicyclic) bond motifs is 1. The maximum Gasteiger partial charge on any atom is 0.264 e. The number of ether oxygens (including phenoxy) is 1. The Morgan fingerprint density at radius 3 is 2.95 bits per heavy atom. The molecule has 0 aliphatic carbocycles. The highest BCUT2D eigenvalue weighted by Gasteiger charge is 2.09. The van der Waals surface area contributed by atoms with E-state index in [9.17, 15) is 4.79 Å². The molecule has 2 aromatic carbocycles. The van der Waals surface area contributed by atoms with E-state index in [1.54, 1.807) is 12.1 Å². The first-order valence-corrected chi connectivity index (χ1v) is 7.85. The molecule has 0 radical (unpaired) electrons. The summed E-state index contributed by atoms with van der Waals surface area (Å²) in [6.07, 6.45) is 0. The molecule has 6 heteroatoms. The van der Waals surface area contributed by atoms with Crippen LogP contribution in [0.25, 0.3) is 10.2 Å². The van der Waals surface area contributed by atoms with Crippen molar-refractivity contribution in [1.29, 1.82) is 0 Å². The Bertz CT molecular complexity index is 799. The van der Waals surface area contributed by atoms with Gasteiger partial charge in [0, 0.05) is 0 Å². The number of carbonyl (C=O) groups excluding carboxylic acids is 1. The average Bonchev–Trinajstić information content (AvgIpc) is 2.90. The minimum absolute atomic E-state index is 0.112. The molecule has 1 heterocycles. The number of aryl methyl sites for hydroxylation is 1. The fourth-order valence-electron chi connectivity index (χ4n) is 1.95. The van der Waals surface area contributed by atoms with E-state index in [4.69, 9.17) is 16.3 Å². The van der Waals surface area contributed by atoms with Crippen LogP contribution < -0.4 is 10.1 Å². The number of amides is 1. The molecule has 1 N–H and O–H groups in total. The van der Waals surface area contributed by atoms with Crippen molar-refractivity contribution in [3.63, 3.8) is 0 Å². The lowest BCUT2D eigenvalue weighted by Gasteiger charge is -2.08. The molecule has 0 fully saturated rings. The summed E-state index contributed by atoms with van der Waals surface area (Å²) in [5.41, 5.74) is 1.89. The van der Waals surface area contributed by atoms with Crippen LogP contribution in [0, 0.1) is 6.92 Å². The number of hydrogen-bond acceptors (Lipinski definition) is 4. The monoisotopic (exact) mass is 332 g/mol. The number of hydrogen-bond donors (Lipinski definition) is 1. The molecular weight excluding hydrogens is 320 g/mol. The van der Waals surface area contributed by atoms with Crippen LogP contribution in [0.2, 0.25) is 5.02 Å². The summed E-state index contributed by atoms with van der Waals surface area (Å²) in [6, 6.07) is 13.2. The van der Waals surface area contributed by atoms with Gasteiger partial charge in [0.2, 0.25) is 0 Å². The summed E-state index contributed by atoms with van der Waals surface area (Å²) >= 11 is 7.45. The lowest BCUT2D eigenvalue weighted by molar-refractivity contribution is -0.118. The molecule has 0 saturated carbocycles. The molecule has 22 heavy (non-hydrogen) atoms. The van der Waals surface area contributed by atoms with Crippen molar-refractivity contribution in [3.05, 3.63) is 53.1 Å². The molecule has 0 spiro atoms. The zero-order valence-corrected chi connectivity index (χ0v) is 13.4. The van der Waals surface area contributed by atoms with E-state index in [0.29, 0.717) is 15.9 Å². The standard InChI is InChI=1S/C16H13ClN2O2S/c1-10-6-7-11(17)13(8-10)21-9-15(20)19-16-18-12-4-2-3-5-14(12)22-16/h2-8H,9H2,1H3,(H,18,19,20). The van der Waals surface area contributed by atoms with Crippen molar-refractivity contribution >= 4 is 44.2 Å². The normalized spacial score (nSPS) is 10.6. The topological polar surface area (TPSA) is 51.2 Å². The minimum atomic E-state index is -0.267. The van der Waals surface area contributed by atoms with E-state index in [0.717, 1.165) is 15.8 Å². The second-order valence-corrected chi connectivity index (χ2v) is 6.20. The number of benzene rings is 2. The molecule has 0 bridgehead atoms. The van der Waals surface area contributed by atoms with E-state index >= 15 is 0 Å². The first-order valence-electron chi connectivity index (χ1n) is 6.66. The summed E-state index contributed by atoms with van der Waals surface area (Å²) in [6.45, 7) is 1.82. The number of aromatic nitrogens is 1. The largest absolute Gasteiger partial charge is 0.482 e. The highest BCUT2D eigenvalue weighted by Crippen LogP contribution is 2.26. The SMILES string of the molecule is Cc1ccc(Cl)c(OCC(=O)Nc2nc3ccccc3s2)c1. The Kier molecular flexibility index (Phi) is 4.27. The van der Waals surface area contributed by atoms with E-state index in [-0.39, 0.29) is 12.5 Å². The predicted octanol–water partition coefficient (Wildman–Crippen LogP) is 4.28.